The van der Waals surface area contributed by atoms with Crippen molar-refractivity contribution in [3.05, 3.63) is 93.5 Å². The van der Waals surface area contributed by atoms with Crippen LogP contribution < -0.4 is 14.8 Å². The van der Waals surface area contributed by atoms with Crippen molar-refractivity contribution >= 4 is 17.5 Å². The molecule has 0 saturated carbocycles. The lowest BCUT2D eigenvalue weighted by Crippen LogP contribution is -2.27. The third-order valence-electron chi connectivity index (χ3n) is 5.52. The quantitative estimate of drug-likeness (QED) is 0.407. The summed E-state index contributed by atoms with van der Waals surface area (Å²) < 4.78 is 11.3. The predicted octanol–water partition coefficient (Wildman–Crippen LogP) is 6.85. The van der Waals surface area contributed by atoms with E-state index in [1.165, 1.54) is 0 Å². The lowest BCUT2D eigenvalue weighted by Gasteiger charge is -2.21. The molecule has 4 nitrogen and oxygen atoms in total. The number of ether oxygens (including phenoxy) is 2. The van der Waals surface area contributed by atoms with Crippen LogP contribution in [0.1, 0.15) is 65.3 Å². The van der Waals surface area contributed by atoms with E-state index in [0.717, 1.165) is 28.0 Å². The Bertz CT molecular complexity index is 1080. The predicted molar refractivity (Wildman–Crippen MR) is 130 cm³/mol. The number of halogens is 1. The second kappa shape index (κ2) is 10.6. The molecule has 32 heavy (non-hydrogen) atoms. The molecule has 0 aliphatic rings. The SMILES string of the molecule is COc1cc(C)c([C@@H](C)NC(=O)c2ccc(OCc3ccccc3Cl)cc2)cc1C(C)C. The number of hydrogen-bond acceptors (Lipinski definition) is 3. The zero-order valence-electron chi connectivity index (χ0n) is 19.2. The molecular weight excluding hydrogens is 422 g/mol. The van der Waals surface area contributed by atoms with Gasteiger partial charge in [-0.3, -0.25) is 4.79 Å². The van der Waals surface area contributed by atoms with Crippen LogP contribution in [0.2, 0.25) is 5.02 Å². The average molecular weight is 452 g/mol. The Morgan fingerprint density at radius 2 is 1.69 bits per heavy atom. The van der Waals surface area contributed by atoms with Gasteiger partial charge in [-0.25, -0.2) is 0 Å². The van der Waals surface area contributed by atoms with Gasteiger partial charge in [-0.2, -0.15) is 0 Å². The molecule has 3 aromatic rings. The fourth-order valence-electron chi connectivity index (χ4n) is 3.65. The van der Waals surface area contributed by atoms with Crippen LogP contribution in [0, 0.1) is 6.92 Å². The Kier molecular flexibility index (Phi) is 7.81. The van der Waals surface area contributed by atoms with E-state index in [1.807, 2.05) is 44.2 Å². The summed E-state index contributed by atoms with van der Waals surface area (Å²) in [6.45, 7) is 8.68. The second-order valence-electron chi connectivity index (χ2n) is 8.21. The van der Waals surface area contributed by atoms with Crippen LogP contribution in [0.25, 0.3) is 0 Å². The van der Waals surface area contributed by atoms with Crippen molar-refractivity contribution in [3.63, 3.8) is 0 Å². The molecule has 0 radical (unpaired) electrons. The van der Waals surface area contributed by atoms with E-state index in [2.05, 4.69) is 25.2 Å². The highest BCUT2D eigenvalue weighted by molar-refractivity contribution is 6.31. The number of nitrogens with one attached hydrogen (secondary N) is 1. The van der Waals surface area contributed by atoms with Crippen molar-refractivity contribution in [1.82, 2.24) is 5.32 Å². The summed E-state index contributed by atoms with van der Waals surface area (Å²) >= 11 is 6.17. The van der Waals surface area contributed by atoms with E-state index in [9.17, 15) is 4.79 Å². The summed E-state index contributed by atoms with van der Waals surface area (Å²) in [6, 6.07) is 18.7. The molecule has 0 aliphatic carbocycles. The van der Waals surface area contributed by atoms with Crippen molar-refractivity contribution in [2.24, 2.45) is 0 Å². The number of benzene rings is 3. The molecule has 3 aromatic carbocycles. The third kappa shape index (κ3) is 5.63. The van der Waals surface area contributed by atoms with Crippen molar-refractivity contribution in [2.45, 2.75) is 46.3 Å². The molecule has 0 fully saturated rings. The minimum absolute atomic E-state index is 0.128. The first-order chi connectivity index (χ1) is 15.3. The minimum Gasteiger partial charge on any atom is -0.496 e. The summed E-state index contributed by atoms with van der Waals surface area (Å²) in [6.07, 6.45) is 0. The maximum absolute atomic E-state index is 12.8. The third-order valence-corrected chi connectivity index (χ3v) is 5.89. The number of aryl methyl sites for hydroxylation is 1. The van der Waals surface area contributed by atoms with Crippen molar-refractivity contribution in [1.29, 1.82) is 0 Å². The van der Waals surface area contributed by atoms with Crippen LogP contribution in [-0.2, 0) is 6.61 Å². The first-order valence-electron chi connectivity index (χ1n) is 10.8. The molecular formula is C27H30ClNO3. The van der Waals surface area contributed by atoms with Gasteiger partial charge in [0.2, 0.25) is 0 Å². The Labute approximate surface area is 195 Å². The maximum atomic E-state index is 12.8. The first-order valence-corrected chi connectivity index (χ1v) is 11.1. The maximum Gasteiger partial charge on any atom is 0.251 e. The van der Waals surface area contributed by atoms with Gasteiger partial charge in [-0.05, 0) is 78.9 Å². The molecule has 0 spiro atoms. The standard InChI is InChI=1S/C27H30ClNO3/c1-17(2)23-15-24(18(3)14-26(23)31-5)19(4)29-27(30)20-10-12-22(13-11-20)32-16-21-8-6-7-9-25(21)28/h6-15,17,19H,16H2,1-5H3,(H,29,30)/t19-/m1/s1. The molecule has 0 aliphatic heterocycles. The number of rotatable bonds is 8. The number of carbonyl (C=O) groups excluding carboxylic acids is 1. The van der Waals surface area contributed by atoms with Crippen molar-refractivity contribution < 1.29 is 14.3 Å². The van der Waals surface area contributed by atoms with Gasteiger partial charge in [0.1, 0.15) is 18.1 Å². The average Bonchev–Trinajstić information content (AvgIpc) is 2.78. The van der Waals surface area contributed by atoms with E-state index < -0.39 is 0 Å². The summed E-state index contributed by atoms with van der Waals surface area (Å²) in [5.74, 6) is 1.76. The van der Waals surface area contributed by atoms with Gasteiger partial charge in [0.05, 0.1) is 13.2 Å². The van der Waals surface area contributed by atoms with Crippen LogP contribution in [0.5, 0.6) is 11.5 Å². The molecule has 168 valence electrons. The Balaban J connectivity index is 1.67. The topological polar surface area (TPSA) is 47.6 Å². The van der Waals surface area contributed by atoms with Crippen LogP contribution >= 0.6 is 11.6 Å². The molecule has 1 amide bonds. The molecule has 0 heterocycles. The van der Waals surface area contributed by atoms with Crippen molar-refractivity contribution in [2.75, 3.05) is 7.11 Å². The number of carbonyl (C=O) groups is 1. The molecule has 3 rings (SSSR count). The fraction of sp³-hybridized carbons (Fsp3) is 0.296. The molecule has 1 N–H and O–H groups in total. The summed E-state index contributed by atoms with van der Waals surface area (Å²) in [5.41, 5.74) is 4.80. The van der Waals surface area contributed by atoms with Gasteiger partial charge >= 0.3 is 0 Å². The Morgan fingerprint density at radius 3 is 2.31 bits per heavy atom. The second-order valence-corrected chi connectivity index (χ2v) is 8.61. The summed E-state index contributed by atoms with van der Waals surface area (Å²) in [4.78, 5) is 12.8. The monoisotopic (exact) mass is 451 g/mol. The highest BCUT2D eigenvalue weighted by atomic mass is 35.5. The van der Waals surface area contributed by atoms with E-state index >= 15 is 0 Å². The van der Waals surface area contributed by atoms with E-state index in [0.29, 0.717) is 28.9 Å². The van der Waals surface area contributed by atoms with Gasteiger partial charge in [0.15, 0.2) is 0 Å². The lowest BCUT2D eigenvalue weighted by molar-refractivity contribution is 0.0939. The van der Waals surface area contributed by atoms with Gasteiger partial charge in [0.25, 0.3) is 5.91 Å². The molecule has 0 saturated heterocycles. The Morgan fingerprint density at radius 1 is 1.00 bits per heavy atom. The summed E-state index contributed by atoms with van der Waals surface area (Å²) in [5, 5.41) is 3.78. The van der Waals surface area contributed by atoms with Crippen LogP contribution in [-0.4, -0.2) is 13.0 Å². The van der Waals surface area contributed by atoms with E-state index in [4.69, 9.17) is 21.1 Å². The summed E-state index contributed by atoms with van der Waals surface area (Å²) in [7, 11) is 1.69. The van der Waals surface area contributed by atoms with Gasteiger partial charge in [-0.15, -0.1) is 0 Å². The highest BCUT2D eigenvalue weighted by Gasteiger charge is 2.17. The molecule has 1 atom stereocenters. The van der Waals surface area contributed by atoms with E-state index in [1.54, 1.807) is 31.4 Å². The number of amides is 1. The van der Waals surface area contributed by atoms with Gasteiger partial charge in [-0.1, -0.05) is 43.6 Å². The molecule has 5 heteroatoms. The zero-order valence-corrected chi connectivity index (χ0v) is 20.0. The van der Waals surface area contributed by atoms with Gasteiger partial charge < -0.3 is 14.8 Å². The van der Waals surface area contributed by atoms with Crippen LogP contribution in [0.15, 0.2) is 60.7 Å². The lowest BCUT2D eigenvalue weighted by atomic mass is 9.93. The first kappa shape index (κ1) is 23.7. The fourth-order valence-corrected chi connectivity index (χ4v) is 3.84. The highest BCUT2D eigenvalue weighted by Crippen LogP contribution is 2.32. The van der Waals surface area contributed by atoms with Crippen molar-refractivity contribution in [3.8, 4) is 11.5 Å². The molecule has 0 bridgehead atoms. The number of hydrogen-bond donors (Lipinski definition) is 1. The van der Waals surface area contributed by atoms with Crippen LogP contribution in [0.3, 0.4) is 0 Å². The minimum atomic E-state index is -0.137. The number of methoxy groups -OCH3 is 1. The molecule has 0 unspecified atom stereocenters. The van der Waals surface area contributed by atoms with E-state index in [-0.39, 0.29) is 11.9 Å². The van der Waals surface area contributed by atoms with Gasteiger partial charge in [0, 0.05) is 16.1 Å². The largest absolute Gasteiger partial charge is 0.496 e. The Hall–Kier alpha value is -2.98. The van der Waals surface area contributed by atoms with Crippen LogP contribution in [0.4, 0.5) is 0 Å². The smallest absolute Gasteiger partial charge is 0.251 e. The molecule has 0 aromatic heterocycles. The zero-order chi connectivity index (χ0) is 23.3. The normalized spacial score (nSPS) is 11.8.